The van der Waals surface area contributed by atoms with Gasteiger partial charge in [0.05, 0.1) is 24.5 Å². The minimum atomic E-state index is -0.352. The maximum absolute atomic E-state index is 13.9. The maximum atomic E-state index is 13.9. The molecule has 0 atom stereocenters. The van der Waals surface area contributed by atoms with Crippen LogP contribution in [0.15, 0.2) is 42.6 Å². The number of hydrogen-bond donors (Lipinski definition) is 1. The Labute approximate surface area is 115 Å². The van der Waals surface area contributed by atoms with Gasteiger partial charge in [0, 0.05) is 24.2 Å². The van der Waals surface area contributed by atoms with Crippen molar-refractivity contribution in [1.29, 1.82) is 0 Å². The Bertz CT molecular complexity index is 767. The highest BCUT2D eigenvalue weighted by Crippen LogP contribution is 2.26. The molecule has 2 aromatic carbocycles. The van der Waals surface area contributed by atoms with E-state index in [1.165, 1.54) is 13.2 Å². The Kier molecular flexibility index (Phi) is 3.02. The highest BCUT2D eigenvalue weighted by atomic mass is 19.1. The largest absolute Gasteiger partial charge is 0.497 e. The Morgan fingerprint density at radius 3 is 2.80 bits per heavy atom. The van der Waals surface area contributed by atoms with Crippen LogP contribution in [-0.2, 0) is 7.05 Å². The van der Waals surface area contributed by atoms with E-state index in [0.29, 0.717) is 11.4 Å². The fraction of sp³-hybridized carbons (Fsp3) is 0.133. The molecule has 3 aromatic rings. The Morgan fingerprint density at radius 2 is 2.05 bits per heavy atom. The zero-order valence-electron chi connectivity index (χ0n) is 11.2. The highest BCUT2D eigenvalue weighted by molar-refractivity contribution is 5.83. The van der Waals surface area contributed by atoms with Crippen molar-refractivity contribution in [2.24, 2.45) is 7.05 Å². The lowest BCUT2D eigenvalue weighted by Gasteiger charge is -2.09. The van der Waals surface area contributed by atoms with Gasteiger partial charge in [-0.15, -0.1) is 0 Å². The van der Waals surface area contributed by atoms with Crippen molar-refractivity contribution >= 4 is 22.3 Å². The minimum absolute atomic E-state index is 0.352. The quantitative estimate of drug-likeness (QED) is 0.792. The molecule has 0 unspecified atom stereocenters. The fourth-order valence-electron chi connectivity index (χ4n) is 2.10. The van der Waals surface area contributed by atoms with Gasteiger partial charge in [0.15, 0.2) is 0 Å². The minimum Gasteiger partial charge on any atom is -0.497 e. The van der Waals surface area contributed by atoms with Gasteiger partial charge in [0.2, 0.25) is 0 Å². The van der Waals surface area contributed by atoms with Gasteiger partial charge in [-0.25, -0.2) is 4.39 Å². The van der Waals surface area contributed by atoms with Crippen molar-refractivity contribution in [3.05, 3.63) is 48.4 Å². The standard InChI is InChI=1S/C15H14FN3O/c1-19-15-7-11(4-3-10(15)9-17-19)18-14-6-5-12(20-2)8-13(14)16/h3-9,18H,1-2H3. The summed E-state index contributed by atoms with van der Waals surface area (Å²) in [5.41, 5.74) is 2.21. The van der Waals surface area contributed by atoms with Crippen LogP contribution >= 0.6 is 0 Å². The van der Waals surface area contributed by atoms with Gasteiger partial charge in [-0.05, 0) is 30.3 Å². The summed E-state index contributed by atoms with van der Waals surface area (Å²) in [5.74, 6) is 0.143. The number of aromatic nitrogens is 2. The number of rotatable bonds is 3. The summed E-state index contributed by atoms with van der Waals surface area (Å²) in [4.78, 5) is 0. The van der Waals surface area contributed by atoms with E-state index in [4.69, 9.17) is 4.74 Å². The SMILES string of the molecule is COc1ccc(Nc2ccc3cnn(C)c3c2)c(F)c1. The van der Waals surface area contributed by atoms with Crippen LogP contribution in [-0.4, -0.2) is 16.9 Å². The molecule has 0 aliphatic rings. The van der Waals surface area contributed by atoms with Gasteiger partial charge in [-0.3, -0.25) is 4.68 Å². The number of ether oxygens (including phenoxy) is 1. The van der Waals surface area contributed by atoms with Crippen molar-refractivity contribution in [2.45, 2.75) is 0 Å². The third-order valence-corrected chi connectivity index (χ3v) is 3.20. The first kappa shape index (κ1) is 12.5. The van der Waals surface area contributed by atoms with Gasteiger partial charge >= 0.3 is 0 Å². The van der Waals surface area contributed by atoms with E-state index in [-0.39, 0.29) is 5.82 Å². The van der Waals surface area contributed by atoms with Crippen LogP contribution in [0.1, 0.15) is 0 Å². The second-order valence-electron chi connectivity index (χ2n) is 4.51. The summed E-state index contributed by atoms with van der Waals surface area (Å²) < 4.78 is 20.7. The van der Waals surface area contributed by atoms with Crippen LogP contribution in [0.3, 0.4) is 0 Å². The number of nitrogens with zero attached hydrogens (tertiary/aromatic N) is 2. The number of benzene rings is 2. The van der Waals surface area contributed by atoms with Gasteiger partial charge < -0.3 is 10.1 Å². The van der Waals surface area contributed by atoms with E-state index in [0.717, 1.165) is 16.6 Å². The van der Waals surface area contributed by atoms with Crippen molar-refractivity contribution < 1.29 is 9.13 Å². The van der Waals surface area contributed by atoms with Gasteiger partial charge in [0.25, 0.3) is 0 Å². The lowest BCUT2D eigenvalue weighted by molar-refractivity contribution is 0.411. The molecule has 0 spiro atoms. The number of anilines is 2. The van der Waals surface area contributed by atoms with Crippen LogP contribution in [0.4, 0.5) is 15.8 Å². The normalized spacial score (nSPS) is 10.8. The number of fused-ring (bicyclic) bond motifs is 1. The number of methoxy groups -OCH3 is 1. The molecular weight excluding hydrogens is 257 g/mol. The third-order valence-electron chi connectivity index (χ3n) is 3.20. The van der Waals surface area contributed by atoms with E-state index in [9.17, 15) is 4.39 Å². The third kappa shape index (κ3) is 2.18. The van der Waals surface area contributed by atoms with E-state index in [1.54, 1.807) is 23.0 Å². The molecule has 0 saturated heterocycles. The summed E-state index contributed by atoms with van der Waals surface area (Å²) >= 11 is 0. The van der Waals surface area contributed by atoms with Crippen LogP contribution in [0.5, 0.6) is 5.75 Å². The monoisotopic (exact) mass is 271 g/mol. The first-order chi connectivity index (χ1) is 9.67. The molecule has 1 heterocycles. The highest BCUT2D eigenvalue weighted by Gasteiger charge is 2.06. The molecule has 4 nitrogen and oxygen atoms in total. The predicted octanol–water partition coefficient (Wildman–Crippen LogP) is 3.46. The zero-order valence-corrected chi connectivity index (χ0v) is 11.2. The molecule has 0 aliphatic carbocycles. The van der Waals surface area contributed by atoms with Crippen molar-refractivity contribution in [3.8, 4) is 5.75 Å². The second-order valence-corrected chi connectivity index (χ2v) is 4.51. The zero-order chi connectivity index (χ0) is 14.1. The van der Waals surface area contributed by atoms with E-state index < -0.39 is 0 Å². The molecule has 5 heteroatoms. The molecule has 0 radical (unpaired) electrons. The molecule has 0 bridgehead atoms. The average Bonchev–Trinajstić information content (AvgIpc) is 2.82. The van der Waals surface area contributed by atoms with Crippen molar-refractivity contribution in [1.82, 2.24) is 9.78 Å². The lowest BCUT2D eigenvalue weighted by Crippen LogP contribution is -1.95. The summed E-state index contributed by atoms with van der Waals surface area (Å²) in [7, 11) is 3.39. The summed E-state index contributed by atoms with van der Waals surface area (Å²) in [6.07, 6.45) is 1.80. The van der Waals surface area contributed by atoms with Crippen molar-refractivity contribution in [3.63, 3.8) is 0 Å². The topological polar surface area (TPSA) is 39.1 Å². The van der Waals surface area contributed by atoms with Crippen LogP contribution < -0.4 is 10.1 Å². The molecule has 0 fully saturated rings. The molecule has 1 aromatic heterocycles. The van der Waals surface area contributed by atoms with Gasteiger partial charge in [-0.2, -0.15) is 5.10 Å². The molecule has 0 saturated carbocycles. The first-order valence-electron chi connectivity index (χ1n) is 6.20. The predicted molar refractivity (Wildman–Crippen MR) is 76.9 cm³/mol. The van der Waals surface area contributed by atoms with Gasteiger partial charge in [0.1, 0.15) is 11.6 Å². The molecular formula is C15H14FN3O. The summed E-state index contributed by atoms with van der Waals surface area (Å²) in [5, 5.41) is 8.29. The van der Waals surface area contributed by atoms with E-state index >= 15 is 0 Å². The molecule has 3 rings (SSSR count). The number of nitrogens with one attached hydrogen (secondary N) is 1. The average molecular weight is 271 g/mol. The summed E-state index contributed by atoms with van der Waals surface area (Å²) in [6, 6.07) is 10.5. The number of hydrogen-bond acceptors (Lipinski definition) is 3. The Hall–Kier alpha value is -2.56. The van der Waals surface area contributed by atoms with Crippen LogP contribution in [0.2, 0.25) is 0 Å². The second kappa shape index (κ2) is 4.85. The maximum Gasteiger partial charge on any atom is 0.150 e. The van der Waals surface area contributed by atoms with Crippen LogP contribution in [0.25, 0.3) is 10.9 Å². The smallest absolute Gasteiger partial charge is 0.150 e. The molecule has 1 N–H and O–H groups in total. The Balaban J connectivity index is 1.94. The molecule has 0 aliphatic heterocycles. The van der Waals surface area contributed by atoms with Gasteiger partial charge in [-0.1, -0.05) is 0 Å². The first-order valence-corrected chi connectivity index (χ1v) is 6.20. The van der Waals surface area contributed by atoms with E-state index in [1.807, 2.05) is 25.2 Å². The van der Waals surface area contributed by atoms with Crippen molar-refractivity contribution in [2.75, 3.05) is 12.4 Å². The Morgan fingerprint density at radius 1 is 1.20 bits per heavy atom. The lowest BCUT2D eigenvalue weighted by atomic mass is 10.2. The number of halogens is 1. The van der Waals surface area contributed by atoms with E-state index in [2.05, 4.69) is 10.4 Å². The molecule has 20 heavy (non-hydrogen) atoms. The number of aryl methyl sites for hydroxylation is 1. The summed E-state index contributed by atoms with van der Waals surface area (Å²) in [6.45, 7) is 0. The molecule has 0 amide bonds. The fourth-order valence-corrected chi connectivity index (χ4v) is 2.10. The van der Waals surface area contributed by atoms with Crippen LogP contribution in [0, 0.1) is 5.82 Å². The molecule has 102 valence electrons.